The van der Waals surface area contributed by atoms with Crippen LogP contribution in [0.25, 0.3) is 0 Å². The minimum absolute atomic E-state index is 0.00138. The van der Waals surface area contributed by atoms with Crippen molar-refractivity contribution in [3.8, 4) is 6.07 Å². The molecule has 2 N–H and O–H groups in total. The number of Topliss-reactive ketones (excluding diaryl/α,β-unsaturated/α-hetero) is 1. The third-order valence-corrected chi connectivity index (χ3v) is 8.10. The standard InChI is InChI=1S/C29H27N3O2S2/c1-17-11-12-21(19(3)14-17)24(33)16-36-29-22(15-30)27(25-10-7-13-35-25)26(20(4)31-29)28(34)32-23-9-6-5-8-18(23)2/h5-14,27,31H,16H2,1-4H3,(H,32,34). The Balaban J connectivity index is 1.65. The molecule has 1 aliphatic heterocycles. The van der Waals surface area contributed by atoms with E-state index in [4.69, 9.17) is 0 Å². The summed E-state index contributed by atoms with van der Waals surface area (Å²) in [7, 11) is 0. The lowest BCUT2D eigenvalue weighted by Crippen LogP contribution is -2.30. The normalized spacial score (nSPS) is 15.4. The van der Waals surface area contributed by atoms with Crippen molar-refractivity contribution in [1.82, 2.24) is 5.32 Å². The maximum absolute atomic E-state index is 13.5. The van der Waals surface area contributed by atoms with Gasteiger partial charge in [0, 0.05) is 27.4 Å². The minimum Gasteiger partial charge on any atom is -0.353 e. The quantitative estimate of drug-likeness (QED) is 0.347. The predicted octanol–water partition coefficient (Wildman–Crippen LogP) is 6.62. The summed E-state index contributed by atoms with van der Waals surface area (Å²) >= 11 is 2.81. The molecule has 2 aromatic carbocycles. The third-order valence-electron chi connectivity index (χ3n) is 6.14. The van der Waals surface area contributed by atoms with Crippen molar-refractivity contribution >= 4 is 40.5 Å². The molecule has 7 heteroatoms. The summed E-state index contributed by atoms with van der Waals surface area (Å²) in [6.07, 6.45) is 0. The van der Waals surface area contributed by atoms with Crippen LogP contribution in [0.4, 0.5) is 5.69 Å². The number of nitrogens with one attached hydrogen (secondary N) is 2. The second-order valence-corrected chi connectivity index (χ2v) is 10.7. The van der Waals surface area contributed by atoms with Crippen LogP contribution in [0.3, 0.4) is 0 Å². The first-order chi connectivity index (χ1) is 17.3. The zero-order valence-corrected chi connectivity index (χ0v) is 22.3. The molecular formula is C29H27N3O2S2. The fourth-order valence-corrected chi connectivity index (χ4v) is 6.13. The monoisotopic (exact) mass is 513 g/mol. The van der Waals surface area contributed by atoms with Crippen LogP contribution in [0.15, 0.2) is 81.8 Å². The Labute approximate surface area is 219 Å². The van der Waals surface area contributed by atoms with Crippen molar-refractivity contribution < 1.29 is 9.59 Å². The highest BCUT2D eigenvalue weighted by Gasteiger charge is 2.35. The zero-order chi connectivity index (χ0) is 25.8. The molecule has 0 saturated heterocycles. The van der Waals surface area contributed by atoms with Gasteiger partial charge in [-0.3, -0.25) is 9.59 Å². The average Bonchev–Trinajstić information content (AvgIpc) is 3.38. The highest BCUT2D eigenvalue weighted by molar-refractivity contribution is 8.03. The number of nitriles is 1. The topological polar surface area (TPSA) is 82.0 Å². The summed E-state index contributed by atoms with van der Waals surface area (Å²) in [5, 5.41) is 19.0. The van der Waals surface area contributed by atoms with E-state index in [-0.39, 0.29) is 17.4 Å². The molecule has 0 radical (unpaired) electrons. The van der Waals surface area contributed by atoms with Gasteiger partial charge in [0.2, 0.25) is 0 Å². The van der Waals surface area contributed by atoms with Gasteiger partial charge < -0.3 is 10.6 Å². The SMILES string of the molecule is CC1=C(C(=O)Nc2ccccc2C)C(c2cccs2)C(C#N)=C(SCC(=O)c2ccc(C)cc2C)N1. The van der Waals surface area contributed by atoms with Gasteiger partial charge in [-0.15, -0.1) is 11.3 Å². The van der Waals surface area contributed by atoms with Gasteiger partial charge >= 0.3 is 0 Å². The summed E-state index contributed by atoms with van der Waals surface area (Å²) in [6.45, 7) is 7.71. The fraction of sp³-hybridized carbons (Fsp3) is 0.207. The summed E-state index contributed by atoms with van der Waals surface area (Å²) in [5.74, 6) is -0.580. The number of carbonyl (C=O) groups is 2. The van der Waals surface area contributed by atoms with E-state index in [2.05, 4.69) is 16.7 Å². The van der Waals surface area contributed by atoms with Crippen LogP contribution in [0.2, 0.25) is 0 Å². The number of rotatable bonds is 7. The number of benzene rings is 2. The van der Waals surface area contributed by atoms with Crippen LogP contribution in [0.1, 0.15) is 44.8 Å². The van der Waals surface area contributed by atoms with E-state index in [1.165, 1.54) is 23.1 Å². The molecule has 1 aromatic heterocycles. The van der Waals surface area contributed by atoms with E-state index in [0.29, 0.717) is 27.4 Å². The number of anilines is 1. The molecule has 4 rings (SSSR count). The van der Waals surface area contributed by atoms with E-state index in [1.807, 2.05) is 87.7 Å². The average molecular weight is 514 g/mol. The molecule has 1 unspecified atom stereocenters. The molecular weight excluding hydrogens is 486 g/mol. The van der Waals surface area contributed by atoms with Crippen molar-refractivity contribution in [3.63, 3.8) is 0 Å². The van der Waals surface area contributed by atoms with E-state index in [0.717, 1.165) is 27.3 Å². The van der Waals surface area contributed by atoms with Crippen molar-refractivity contribution in [2.45, 2.75) is 33.6 Å². The number of aryl methyl sites for hydroxylation is 3. The first-order valence-electron chi connectivity index (χ1n) is 11.6. The Morgan fingerprint density at radius 2 is 1.83 bits per heavy atom. The number of thiophene rings is 1. The molecule has 0 bridgehead atoms. The van der Waals surface area contributed by atoms with E-state index >= 15 is 0 Å². The van der Waals surface area contributed by atoms with Crippen LogP contribution < -0.4 is 10.6 Å². The van der Waals surface area contributed by atoms with Gasteiger partial charge in [0.1, 0.15) is 0 Å². The van der Waals surface area contributed by atoms with Gasteiger partial charge in [-0.2, -0.15) is 5.26 Å². The summed E-state index contributed by atoms with van der Waals surface area (Å²) < 4.78 is 0. The zero-order valence-electron chi connectivity index (χ0n) is 20.6. The number of para-hydroxylation sites is 1. The molecule has 1 amide bonds. The molecule has 1 atom stereocenters. The number of nitrogens with zero attached hydrogens (tertiary/aromatic N) is 1. The summed E-state index contributed by atoms with van der Waals surface area (Å²) in [5.41, 5.74) is 6.03. The predicted molar refractivity (Wildman–Crippen MR) is 148 cm³/mol. The number of allylic oxidation sites excluding steroid dienone is 2. The number of dihydropyridines is 1. The first-order valence-corrected chi connectivity index (χ1v) is 13.4. The number of carbonyl (C=O) groups excluding carboxylic acids is 2. The Morgan fingerprint density at radius 3 is 2.50 bits per heavy atom. The van der Waals surface area contributed by atoms with Gasteiger partial charge in [-0.05, 0) is 56.3 Å². The summed E-state index contributed by atoms with van der Waals surface area (Å²) in [4.78, 5) is 27.4. The Kier molecular flexibility index (Phi) is 7.78. The van der Waals surface area contributed by atoms with Crippen LogP contribution in [-0.2, 0) is 4.79 Å². The first kappa shape index (κ1) is 25.5. The molecule has 0 saturated carbocycles. The molecule has 0 fully saturated rings. The van der Waals surface area contributed by atoms with Crippen LogP contribution in [0, 0.1) is 32.1 Å². The number of hydrogen-bond acceptors (Lipinski definition) is 6. The highest BCUT2D eigenvalue weighted by atomic mass is 32.2. The van der Waals surface area contributed by atoms with Crippen LogP contribution in [0.5, 0.6) is 0 Å². The number of hydrogen-bond donors (Lipinski definition) is 2. The van der Waals surface area contributed by atoms with Gasteiger partial charge in [0.15, 0.2) is 5.78 Å². The van der Waals surface area contributed by atoms with Gasteiger partial charge in [-0.25, -0.2) is 0 Å². The number of amides is 1. The second kappa shape index (κ2) is 11.0. The largest absolute Gasteiger partial charge is 0.353 e. The number of ketones is 1. The molecule has 5 nitrogen and oxygen atoms in total. The third kappa shape index (κ3) is 5.30. The lowest BCUT2D eigenvalue weighted by atomic mass is 9.86. The molecule has 36 heavy (non-hydrogen) atoms. The van der Waals surface area contributed by atoms with Crippen molar-refractivity contribution in [1.29, 1.82) is 5.26 Å². The number of thioether (sulfide) groups is 1. The Hall–Kier alpha value is -3.60. The maximum atomic E-state index is 13.5. The fourth-order valence-electron chi connectivity index (χ4n) is 4.31. The Bertz CT molecular complexity index is 1430. The lowest BCUT2D eigenvalue weighted by Gasteiger charge is -2.29. The lowest BCUT2D eigenvalue weighted by molar-refractivity contribution is -0.113. The second-order valence-electron chi connectivity index (χ2n) is 8.77. The van der Waals surface area contributed by atoms with Crippen molar-refractivity contribution in [3.05, 3.63) is 109 Å². The molecule has 0 spiro atoms. The molecule has 2 heterocycles. The van der Waals surface area contributed by atoms with Gasteiger partial charge in [0.05, 0.1) is 28.3 Å². The molecule has 3 aromatic rings. The van der Waals surface area contributed by atoms with Gasteiger partial charge in [0.25, 0.3) is 5.91 Å². The summed E-state index contributed by atoms with van der Waals surface area (Å²) in [6, 6.07) is 19.6. The van der Waals surface area contributed by atoms with Gasteiger partial charge in [-0.1, -0.05) is 59.8 Å². The smallest absolute Gasteiger partial charge is 0.254 e. The van der Waals surface area contributed by atoms with Crippen LogP contribution >= 0.6 is 23.1 Å². The Morgan fingerprint density at radius 1 is 1.06 bits per heavy atom. The van der Waals surface area contributed by atoms with Crippen LogP contribution in [-0.4, -0.2) is 17.4 Å². The minimum atomic E-state index is -0.515. The van der Waals surface area contributed by atoms with E-state index < -0.39 is 5.92 Å². The molecule has 1 aliphatic rings. The molecule has 0 aliphatic carbocycles. The van der Waals surface area contributed by atoms with E-state index in [1.54, 1.807) is 0 Å². The van der Waals surface area contributed by atoms with Crippen molar-refractivity contribution in [2.24, 2.45) is 0 Å². The maximum Gasteiger partial charge on any atom is 0.254 e. The molecule has 182 valence electrons. The van der Waals surface area contributed by atoms with Crippen molar-refractivity contribution in [2.75, 3.05) is 11.1 Å². The van der Waals surface area contributed by atoms with E-state index in [9.17, 15) is 14.9 Å². The highest BCUT2D eigenvalue weighted by Crippen LogP contribution is 2.42.